The predicted molar refractivity (Wildman–Crippen MR) is 74.0 cm³/mol. The van der Waals surface area contributed by atoms with Crippen LogP contribution in [0.25, 0.3) is 11.0 Å². The van der Waals surface area contributed by atoms with Crippen LogP contribution >= 0.6 is 0 Å². The summed E-state index contributed by atoms with van der Waals surface area (Å²) in [7, 11) is 0. The lowest BCUT2D eigenvalue weighted by Gasteiger charge is -2.04. The van der Waals surface area contributed by atoms with Gasteiger partial charge in [0, 0.05) is 11.4 Å². The highest BCUT2D eigenvalue weighted by molar-refractivity contribution is 5.79. The molecule has 0 saturated carbocycles. The van der Waals surface area contributed by atoms with Crippen LogP contribution in [0.4, 0.5) is 0 Å². The zero-order chi connectivity index (χ0) is 13.0. The Bertz CT molecular complexity index is 502. The Labute approximate surface area is 108 Å². The minimum atomic E-state index is 0.460. The molecule has 0 atom stereocenters. The van der Waals surface area contributed by atoms with Gasteiger partial charge in [0.15, 0.2) is 0 Å². The van der Waals surface area contributed by atoms with Crippen molar-refractivity contribution < 1.29 is 9.15 Å². The number of benzene rings is 1. The van der Waals surface area contributed by atoms with Crippen LogP contribution in [-0.2, 0) is 6.54 Å². The van der Waals surface area contributed by atoms with E-state index in [4.69, 9.17) is 9.15 Å². The minimum absolute atomic E-state index is 0.460. The molecule has 0 aliphatic rings. The maximum atomic E-state index is 5.76. The van der Waals surface area contributed by atoms with E-state index in [1.807, 2.05) is 18.2 Å². The van der Waals surface area contributed by atoms with Crippen molar-refractivity contribution in [1.82, 2.24) is 5.32 Å². The number of rotatable bonds is 6. The third kappa shape index (κ3) is 3.26. The van der Waals surface area contributed by atoms with Crippen LogP contribution < -0.4 is 10.1 Å². The van der Waals surface area contributed by atoms with E-state index in [0.717, 1.165) is 42.1 Å². The van der Waals surface area contributed by atoms with Crippen molar-refractivity contribution in [2.75, 3.05) is 6.61 Å². The molecule has 98 valence electrons. The molecule has 18 heavy (non-hydrogen) atoms. The van der Waals surface area contributed by atoms with Gasteiger partial charge in [-0.3, -0.25) is 0 Å². The number of hydrogen-bond acceptors (Lipinski definition) is 3. The zero-order valence-electron chi connectivity index (χ0n) is 11.3. The SMILES string of the molecule is CCCOc1ccc2oc(CNC(C)C)cc2c1. The molecular weight excluding hydrogens is 226 g/mol. The Morgan fingerprint density at radius 2 is 2.11 bits per heavy atom. The summed E-state index contributed by atoms with van der Waals surface area (Å²) < 4.78 is 11.4. The van der Waals surface area contributed by atoms with E-state index in [9.17, 15) is 0 Å². The van der Waals surface area contributed by atoms with Gasteiger partial charge in [0.2, 0.25) is 0 Å². The summed E-state index contributed by atoms with van der Waals surface area (Å²) in [5.74, 6) is 1.87. The summed E-state index contributed by atoms with van der Waals surface area (Å²) in [6, 6.07) is 8.50. The average Bonchev–Trinajstić information content (AvgIpc) is 2.75. The quantitative estimate of drug-likeness (QED) is 0.844. The van der Waals surface area contributed by atoms with E-state index < -0.39 is 0 Å². The van der Waals surface area contributed by atoms with Crippen molar-refractivity contribution in [3.8, 4) is 5.75 Å². The molecule has 1 aromatic heterocycles. The van der Waals surface area contributed by atoms with Gasteiger partial charge in [-0.2, -0.15) is 0 Å². The van der Waals surface area contributed by atoms with Gasteiger partial charge in [-0.05, 0) is 30.7 Å². The van der Waals surface area contributed by atoms with Gasteiger partial charge in [-0.25, -0.2) is 0 Å². The van der Waals surface area contributed by atoms with Crippen molar-refractivity contribution in [1.29, 1.82) is 0 Å². The Morgan fingerprint density at radius 1 is 1.28 bits per heavy atom. The molecule has 0 unspecified atom stereocenters. The van der Waals surface area contributed by atoms with Crippen molar-refractivity contribution in [3.63, 3.8) is 0 Å². The second-order valence-corrected chi connectivity index (χ2v) is 4.80. The van der Waals surface area contributed by atoms with Crippen LogP contribution in [0.1, 0.15) is 33.0 Å². The smallest absolute Gasteiger partial charge is 0.134 e. The Morgan fingerprint density at radius 3 is 2.83 bits per heavy atom. The fourth-order valence-corrected chi connectivity index (χ4v) is 1.78. The molecule has 0 bridgehead atoms. The summed E-state index contributed by atoms with van der Waals surface area (Å²) >= 11 is 0. The molecule has 3 nitrogen and oxygen atoms in total. The highest BCUT2D eigenvalue weighted by Crippen LogP contribution is 2.24. The first kappa shape index (κ1) is 13.0. The first-order chi connectivity index (χ1) is 8.69. The first-order valence-corrected chi connectivity index (χ1v) is 6.57. The third-order valence-corrected chi connectivity index (χ3v) is 2.70. The lowest BCUT2D eigenvalue weighted by molar-refractivity contribution is 0.318. The van der Waals surface area contributed by atoms with E-state index in [-0.39, 0.29) is 0 Å². The van der Waals surface area contributed by atoms with Gasteiger partial charge in [0.25, 0.3) is 0 Å². The number of furan rings is 1. The molecular formula is C15H21NO2. The van der Waals surface area contributed by atoms with E-state index in [2.05, 4.69) is 32.2 Å². The third-order valence-electron chi connectivity index (χ3n) is 2.70. The minimum Gasteiger partial charge on any atom is -0.494 e. The maximum Gasteiger partial charge on any atom is 0.134 e. The standard InChI is InChI=1S/C15H21NO2/c1-4-7-17-13-5-6-15-12(8-13)9-14(18-15)10-16-11(2)3/h5-6,8-9,11,16H,4,7,10H2,1-3H3. The number of nitrogens with one attached hydrogen (secondary N) is 1. The topological polar surface area (TPSA) is 34.4 Å². The van der Waals surface area contributed by atoms with E-state index in [1.165, 1.54) is 0 Å². The summed E-state index contributed by atoms with van der Waals surface area (Å²) in [6.07, 6.45) is 1.02. The molecule has 0 amide bonds. The Kier molecular flexibility index (Phi) is 4.26. The molecule has 1 heterocycles. The van der Waals surface area contributed by atoms with Gasteiger partial charge < -0.3 is 14.5 Å². The summed E-state index contributed by atoms with van der Waals surface area (Å²) in [5.41, 5.74) is 0.916. The van der Waals surface area contributed by atoms with Crippen LogP contribution in [0, 0.1) is 0 Å². The lowest BCUT2D eigenvalue weighted by Crippen LogP contribution is -2.21. The molecule has 0 saturated heterocycles. The molecule has 0 radical (unpaired) electrons. The predicted octanol–water partition coefficient (Wildman–Crippen LogP) is 3.72. The monoisotopic (exact) mass is 247 g/mol. The van der Waals surface area contributed by atoms with E-state index in [1.54, 1.807) is 0 Å². The van der Waals surface area contributed by atoms with Crippen LogP contribution in [0.2, 0.25) is 0 Å². The molecule has 3 heteroatoms. The van der Waals surface area contributed by atoms with Gasteiger partial charge in [0.05, 0.1) is 13.2 Å². The van der Waals surface area contributed by atoms with Gasteiger partial charge in [-0.15, -0.1) is 0 Å². The average molecular weight is 247 g/mol. The molecule has 0 fully saturated rings. The van der Waals surface area contributed by atoms with Crippen LogP contribution in [0.5, 0.6) is 5.75 Å². The molecule has 0 spiro atoms. The van der Waals surface area contributed by atoms with Crippen LogP contribution in [0.3, 0.4) is 0 Å². The zero-order valence-corrected chi connectivity index (χ0v) is 11.3. The lowest BCUT2D eigenvalue weighted by atomic mass is 10.2. The molecule has 2 aromatic rings. The normalized spacial score (nSPS) is 11.3. The maximum absolute atomic E-state index is 5.76. The Balaban J connectivity index is 2.12. The molecule has 0 aliphatic heterocycles. The summed E-state index contributed by atoms with van der Waals surface area (Å²) in [6.45, 7) is 7.87. The van der Waals surface area contributed by atoms with Crippen LogP contribution in [-0.4, -0.2) is 12.6 Å². The van der Waals surface area contributed by atoms with Crippen molar-refractivity contribution in [2.24, 2.45) is 0 Å². The first-order valence-electron chi connectivity index (χ1n) is 6.57. The highest BCUT2D eigenvalue weighted by Gasteiger charge is 2.05. The van der Waals surface area contributed by atoms with Crippen molar-refractivity contribution in [2.45, 2.75) is 39.8 Å². The number of hydrogen-bond donors (Lipinski definition) is 1. The Hall–Kier alpha value is -1.48. The highest BCUT2D eigenvalue weighted by atomic mass is 16.5. The fourth-order valence-electron chi connectivity index (χ4n) is 1.78. The number of fused-ring (bicyclic) bond motifs is 1. The van der Waals surface area contributed by atoms with Crippen molar-refractivity contribution >= 4 is 11.0 Å². The number of ether oxygens (including phenoxy) is 1. The second kappa shape index (κ2) is 5.91. The van der Waals surface area contributed by atoms with Gasteiger partial charge >= 0.3 is 0 Å². The molecule has 0 aliphatic carbocycles. The summed E-state index contributed by atoms with van der Waals surface area (Å²) in [4.78, 5) is 0. The largest absolute Gasteiger partial charge is 0.494 e. The molecule has 1 N–H and O–H groups in total. The second-order valence-electron chi connectivity index (χ2n) is 4.80. The summed E-state index contributed by atoms with van der Waals surface area (Å²) in [5, 5.41) is 4.45. The van der Waals surface area contributed by atoms with E-state index >= 15 is 0 Å². The molecule has 2 rings (SSSR count). The molecule has 1 aromatic carbocycles. The van der Waals surface area contributed by atoms with Crippen molar-refractivity contribution in [3.05, 3.63) is 30.0 Å². The van der Waals surface area contributed by atoms with Crippen LogP contribution in [0.15, 0.2) is 28.7 Å². The fraction of sp³-hybridized carbons (Fsp3) is 0.467. The van der Waals surface area contributed by atoms with Gasteiger partial charge in [0.1, 0.15) is 17.1 Å². The van der Waals surface area contributed by atoms with E-state index in [0.29, 0.717) is 6.04 Å². The van der Waals surface area contributed by atoms with Gasteiger partial charge in [-0.1, -0.05) is 20.8 Å².